The molecule has 5 N–H and O–H groups in total. The predicted molar refractivity (Wildman–Crippen MR) is 238 cm³/mol. The minimum absolute atomic E-state index is 0.0263. The number of unbranched alkanes of at least 4 members (excludes halogenated alkanes) is 9. The van der Waals surface area contributed by atoms with Crippen LogP contribution in [0.5, 0.6) is 5.75 Å². The van der Waals surface area contributed by atoms with E-state index in [-0.39, 0.29) is 59.1 Å². The van der Waals surface area contributed by atoms with Gasteiger partial charge >= 0.3 is 0 Å². The van der Waals surface area contributed by atoms with Crippen LogP contribution in [0, 0.1) is 6.92 Å². The fraction of sp³-hybridized carbons (Fsp3) is 0.400. The van der Waals surface area contributed by atoms with E-state index < -0.39 is 11.5 Å². The number of furan rings is 1. The minimum atomic E-state index is -0.706. The van der Waals surface area contributed by atoms with Crippen molar-refractivity contribution in [2.24, 2.45) is 4.99 Å². The third-order valence-electron chi connectivity index (χ3n) is 9.78. The molecule has 2 amide bonds. The average Bonchev–Trinajstić information content (AvgIpc) is 3.70. The normalized spacial score (nSPS) is 11.4. The molecule has 0 aliphatic rings. The molecule has 0 spiro atoms. The zero-order valence-electron chi connectivity index (χ0n) is 34.2. The second-order valence-corrected chi connectivity index (χ2v) is 14.7. The van der Waals surface area contributed by atoms with Gasteiger partial charge in [-0.2, -0.15) is 4.98 Å². The Hall–Kier alpha value is -5.66. The first kappa shape index (κ1) is 44.4. The SMILES string of the molecule is CCCCCCCCCCCCC(=O)Nc1ccccc1OCNc1ccc(Cl)c(NC(=O)C(=Nc2ccc(NCC)cc2C)c2nc3occc3c(=O)n2CCO)c1. The van der Waals surface area contributed by atoms with Gasteiger partial charge in [-0.15, -0.1) is 0 Å². The molecule has 5 aromatic rings. The van der Waals surface area contributed by atoms with Crippen LogP contribution in [0.25, 0.3) is 11.1 Å². The number of hydrogen-bond donors (Lipinski definition) is 5. The zero-order valence-corrected chi connectivity index (χ0v) is 35.0. The highest BCUT2D eigenvalue weighted by Gasteiger charge is 2.25. The molecule has 13 nitrogen and oxygen atoms in total. The molecule has 0 unspecified atom stereocenters. The molecule has 0 saturated heterocycles. The number of ether oxygens (including phenoxy) is 1. The van der Waals surface area contributed by atoms with Crippen LogP contribution in [-0.4, -0.2) is 52.1 Å². The number of rotatable bonds is 24. The number of fused-ring (bicyclic) bond motifs is 1. The van der Waals surface area contributed by atoms with Crippen molar-refractivity contribution in [2.75, 3.05) is 41.1 Å². The molecule has 5 rings (SSSR count). The second kappa shape index (κ2) is 23.1. The molecule has 14 heteroatoms. The summed E-state index contributed by atoms with van der Waals surface area (Å²) in [6, 6.07) is 19.3. The monoisotopic (exact) mass is 825 g/mol. The number of hydrogen-bond acceptors (Lipinski definition) is 10. The first-order valence-electron chi connectivity index (χ1n) is 20.6. The number of amides is 2. The van der Waals surface area contributed by atoms with Crippen molar-refractivity contribution < 1.29 is 23.8 Å². The number of nitrogens with zero attached hydrogens (tertiary/aromatic N) is 3. The molecular formula is C45H56ClN7O6. The number of aliphatic imine (C=N–C) groups is 1. The Kier molecular flexibility index (Phi) is 17.4. The van der Waals surface area contributed by atoms with Crippen LogP contribution in [-0.2, 0) is 16.1 Å². The summed E-state index contributed by atoms with van der Waals surface area (Å²) in [4.78, 5) is 49.8. The molecule has 0 saturated carbocycles. The van der Waals surface area contributed by atoms with Crippen LogP contribution in [0.1, 0.15) is 95.9 Å². The Morgan fingerprint density at radius 2 is 1.58 bits per heavy atom. The number of nitrogens with one attached hydrogen (secondary N) is 4. The third kappa shape index (κ3) is 12.9. The fourth-order valence-corrected chi connectivity index (χ4v) is 6.81. The van der Waals surface area contributed by atoms with Gasteiger partial charge in [-0.1, -0.05) is 88.4 Å². The lowest BCUT2D eigenvalue weighted by molar-refractivity contribution is -0.116. The molecule has 314 valence electrons. The summed E-state index contributed by atoms with van der Waals surface area (Å²) < 4.78 is 12.7. The number of aliphatic hydroxyl groups is 1. The predicted octanol–water partition coefficient (Wildman–Crippen LogP) is 9.83. The van der Waals surface area contributed by atoms with Gasteiger partial charge in [0.25, 0.3) is 11.5 Å². The summed E-state index contributed by atoms with van der Waals surface area (Å²) in [5, 5.41) is 22.6. The number of carbonyl (C=O) groups is 2. The van der Waals surface area contributed by atoms with Crippen molar-refractivity contribution in [3.05, 3.63) is 99.8 Å². The van der Waals surface area contributed by atoms with Gasteiger partial charge < -0.3 is 35.5 Å². The van der Waals surface area contributed by atoms with Gasteiger partial charge in [0.2, 0.25) is 11.6 Å². The summed E-state index contributed by atoms with van der Waals surface area (Å²) in [6.45, 7) is 6.32. The lowest BCUT2D eigenvalue weighted by Crippen LogP contribution is -2.34. The van der Waals surface area contributed by atoms with Crippen LogP contribution in [0.15, 0.2) is 87.2 Å². The van der Waals surface area contributed by atoms with Gasteiger partial charge in [-0.05, 0) is 80.4 Å². The zero-order chi connectivity index (χ0) is 42.0. The second-order valence-electron chi connectivity index (χ2n) is 14.3. The lowest BCUT2D eigenvalue weighted by Gasteiger charge is -2.16. The van der Waals surface area contributed by atoms with E-state index >= 15 is 0 Å². The number of para-hydroxylation sites is 2. The van der Waals surface area contributed by atoms with Crippen molar-refractivity contribution in [1.29, 1.82) is 0 Å². The average molecular weight is 826 g/mol. The van der Waals surface area contributed by atoms with E-state index in [4.69, 9.17) is 25.7 Å². The molecule has 0 aliphatic carbocycles. The number of aryl methyl sites for hydroxylation is 1. The quantitative estimate of drug-likeness (QED) is 0.0231. The van der Waals surface area contributed by atoms with Gasteiger partial charge in [-0.25, -0.2) is 4.99 Å². The van der Waals surface area contributed by atoms with Gasteiger partial charge in [0.05, 0.1) is 41.5 Å². The van der Waals surface area contributed by atoms with E-state index in [1.807, 2.05) is 38.1 Å². The number of carbonyl (C=O) groups excluding carboxylic acids is 2. The standard InChI is InChI=1S/C45H56ClN7O6/c1-4-6-7-8-9-10-11-12-13-14-19-40(55)49-37-17-15-16-18-39(37)59-30-48-33-20-22-35(46)38(29-33)51-43(56)41(50-36-23-21-32(47-5-2)28-31(36)3)42-52-44-34(24-27-58-44)45(57)53(42)25-26-54/h15-18,20-24,27-29,47-48,54H,4-14,19,25-26,30H2,1-3H3,(H,49,55)(H,51,56). The van der Waals surface area contributed by atoms with Crippen LogP contribution < -0.4 is 31.6 Å². The first-order valence-corrected chi connectivity index (χ1v) is 21.0. The van der Waals surface area contributed by atoms with Crippen LogP contribution in [0.2, 0.25) is 5.02 Å². The number of anilines is 4. The maximum Gasteiger partial charge on any atom is 0.278 e. The number of aromatic nitrogens is 2. The van der Waals surface area contributed by atoms with Crippen LogP contribution in [0.4, 0.5) is 28.4 Å². The van der Waals surface area contributed by atoms with Crippen LogP contribution in [0.3, 0.4) is 0 Å². The smallest absolute Gasteiger partial charge is 0.278 e. The van der Waals surface area contributed by atoms with Gasteiger partial charge in [0.15, 0.2) is 18.3 Å². The minimum Gasteiger partial charge on any atom is -0.471 e. The first-order chi connectivity index (χ1) is 28.7. The van der Waals surface area contributed by atoms with Crippen molar-refractivity contribution in [2.45, 2.75) is 97.9 Å². The van der Waals surface area contributed by atoms with Crippen molar-refractivity contribution in [3.63, 3.8) is 0 Å². The summed E-state index contributed by atoms with van der Waals surface area (Å²) in [7, 11) is 0. The highest BCUT2D eigenvalue weighted by molar-refractivity contribution is 6.49. The largest absolute Gasteiger partial charge is 0.471 e. The van der Waals surface area contributed by atoms with E-state index in [1.54, 1.807) is 36.4 Å². The maximum absolute atomic E-state index is 14.3. The summed E-state index contributed by atoms with van der Waals surface area (Å²) >= 11 is 6.60. The number of aliphatic hydroxyl groups excluding tert-OH is 1. The molecule has 3 aromatic carbocycles. The molecule has 0 atom stereocenters. The molecule has 0 fully saturated rings. The Bertz CT molecular complexity index is 2250. The molecule has 0 aliphatic heterocycles. The highest BCUT2D eigenvalue weighted by atomic mass is 35.5. The molecule has 2 heterocycles. The summed E-state index contributed by atoms with van der Waals surface area (Å²) in [5.41, 5.74) is 2.86. The van der Waals surface area contributed by atoms with Gasteiger partial charge in [-0.3, -0.25) is 19.0 Å². The van der Waals surface area contributed by atoms with E-state index in [0.29, 0.717) is 29.2 Å². The molecule has 0 radical (unpaired) electrons. The van der Waals surface area contributed by atoms with Gasteiger partial charge in [0.1, 0.15) is 11.1 Å². The number of benzene rings is 3. The van der Waals surface area contributed by atoms with Gasteiger partial charge in [0, 0.05) is 24.3 Å². The van der Waals surface area contributed by atoms with E-state index in [9.17, 15) is 19.5 Å². The van der Waals surface area contributed by atoms with Crippen molar-refractivity contribution in [1.82, 2.24) is 9.55 Å². The summed E-state index contributed by atoms with van der Waals surface area (Å²) in [6.07, 6.45) is 13.8. The number of halogens is 1. The molecule has 2 aromatic heterocycles. The summed E-state index contributed by atoms with van der Waals surface area (Å²) in [5.74, 6) is -0.346. The topological polar surface area (TPSA) is 172 Å². The van der Waals surface area contributed by atoms with Crippen LogP contribution >= 0.6 is 11.6 Å². The van der Waals surface area contributed by atoms with Crippen molar-refractivity contribution >= 4 is 68.7 Å². The Morgan fingerprint density at radius 1 is 0.864 bits per heavy atom. The molecule has 0 bridgehead atoms. The van der Waals surface area contributed by atoms with E-state index in [1.165, 1.54) is 61.8 Å². The van der Waals surface area contributed by atoms with E-state index in [0.717, 1.165) is 37.1 Å². The van der Waals surface area contributed by atoms with E-state index in [2.05, 4.69) is 33.2 Å². The molecular weight excluding hydrogens is 770 g/mol. The maximum atomic E-state index is 14.3. The Balaban J connectivity index is 1.25. The fourth-order valence-electron chi connectivity index (χ4n) is 6.65. The Labute approximate surface area is 350 Å². The lowest BCUT2D eigenvalue weighted by atomic mass is 10.1. The Morgan fingerprint density at radius 3 is 2.31 bits per heavy atom. The molecule has 59 heavy (non-hydrogen) atoms. The highest BCUT2D eigenvalue weighted by Crippen LogP contribution is 2.29. The third-order valence-corrected chi connectivity index (χ3v) is 10.1. The van der Waals surface area contributed by atoms with Crippen molar-refractivity contribution in [3.8, 4) is 5.75 Å².